The summed E-state index contributed by atoms with van der Waals surface area (Å²) in [5.41, 5.74) is 3.61. The van der Waals surface area contributed by atoms with Crippen LogP contribution >= 0.6 is 0 Å². The number of hydrogen-bond acceptors (Lipinski definition) is 3. The number of hydrogen-bond donors (Lipinski definition) is 0. The zero-order chi connectivity index (χ0) is 16.7. The van der Waals surface area contributed by atoms with Gasteiger partial charge in [-0.1, -0.05) is 18.2 Å². The van der Waals surface area contributed by atoms with Crippen molar-refractivity contribution in [3.63, 3.8) is 0 Å². The molecular formula is C19H19N3O2. The van der Waals surface area contributed by atoms with E-state index in [0.717, 1.165) is 22.4 Å². The fourth-order valence-electron chi connectivity index (χ4n) is 3.16. The summed E-state index contributed by atoms with van der Waals surface area (Å²) in [5.74, 6) is 0.846. The van der Waals surface area contributed by atoms with Crippen LogP contribution in [0.4, 0.5) is 0 Å². The Morgan fingerprint density at radius 1 is 1.29 bits per heavy atom. The van der Waals surface area contributed by atoms with Gasteiger partial charge in [0, 0.05) is 18.3 Å². The normalized spacial score (nSPS) is 17.2. The molecule has 1 atom stereocenters. The van der Waals surface area contributed by atoms with Crippen LogP contribution in [0.1, 0.15) is 28.4 Å². The monoisotopic (exact) mass is 321 g/mol. The highest BCUT2D eigenvalue weighted by atomic mass is 16.5. The molecule has 0 radical (unpaired) electrons. The Balaban J connectivity index is 1.72. The molecule has 0 spiro atoms. The number of ether oxygens (including phenoxy) is 1. The lowest BCUT2D eigenvalue weighted by Crippen LogP contribution is -2.36. The average molecular weight is 321 g/mol. The third-order valence-corrected chi connectivity index (χ3v) is 4.33. The number of aromatic nitrogens is 2. The van der Waals surface area contributed by atoms with Crippen molar-refractivity contribution in [3.05, 3.63) is 65.5 Å². The number of carbonyl (C=O) groups excluding carboxylic acids is 1. The first-order chi connectivity index (χ1) is 11.6. The first-order valence-electron chi connectivity index (χ1n) is 8.09. The minimum Gasteiger partial charge on any atom is -0.489 e. The maximum atomic E-state index is 13.1. The van der Waals surface area contributed by atoms with Crippen molar-refractivity contribution in [1.29, 1.82) is 0 Å². The lowest BCUT2D eigenvalue weighted by atomic mass is 10.1. The largest absolute Gasteiger partial charge is 0.489 e. The van der Waals surface area contributed by atoms with Crippen LogP contribution in [0.15, 0.2) is 48.8 Å². The molecular weight excluding hydrogens is 302 g/mol. The molecule has 0 aliphatic carbocycles. The van der Waals surface area contributed by atoms with Crippen LogP contribution < -0.4 is 4.74 Å². The number of aryl methyl sites for hydroxylation is 1. The van der Waals surface area contributed by atoms with Gasteiger partial charge in [0.05, 0.1) is 23.8 Å². The van der Waals surface area contributed by atoms with Crippen LogP contribution in [0.2, 0.25) is 0 Å². The summed E-state index contributed by atoms with van der Waals surface area (Å²) in [6, 6.07) is 11.9. The topological polar surface area (TPSA) is 46.8 Å². The standard InChI is InChI=1S/C19H19N3O2/c1-13-7-8-22-17(9-13)16(10-20-22)19(23)21-11-14(2)24-18-6-4-3-5-15(18)12-21/h3-10,14H,11-12H2,1-2H3. The van der Waals surface area contributed by atoms with E-state index in [-0.39, 0.29) is 12.0 Å². The average Bonchev–Trinajstić information content (AvgIpc) is 2.89. The molecule has 0 N–H and O–H groups in total. The summed E-state index contributed by atoms with van der Waals surface area (Å²) >= 11 is 0. The Kier molecular flexibility index (Phi) is 3.49. The number of benzene rings is 1. The van der Waals surface area contributed by atoms with E-state index in [9.17, 15) is 4.79 Å². The zero-order valence-corrected chi connectivity index (χ0v) is 13.8. The molecule has 0 saturated carbocycles. The van der Waals surface area contributed by atoms with E-state index < -0.39 is 0 Å². The molecule has 1 aromatic carbocycles. The first kappa shape index (κ1) is 14.8. The Labute approximate surface area is 140 Å². The predicted octanol–water partition coefficient (Wildman–Crippen LogP) is 3.07. The van der Waals surface area contributed by atoms with E-state index in [1.165, 1.54) is 0 Å². The van der Waals surface area contributed by atoms with Crippen LogP contribution in [0, 0.1) is 6.92 Å². The highest BCUT2D eigenvalue weighted by molar-refractivity contribution is 6.00. The molecule has 1 amide bonds. The van der Waals surface area contributed by atoms with Gasteiger partial charge >= 0.3 is 0 Å². The first-order valence-corrected chi connectivity index (χ1v) is 8.09. The molecule has 4 rings (SSSR count). The van der Waals surface area contributed by atoms with Gasteiger partial charge in [-0.25, -0.2) is 4.52 Å². The second kappa shape index (κ2) is 5.67. The van der Waals surface area contributed by atoms with Crippen molar-refractivity contribution in [3.8, 4) is 5.75 Å². The van der Waals surface area contributed by atoms with Crippen molar-refractivity contribution < 1.29 is 9.53 Å². The molecule has 5 nitrogen and oxygen atoms in total. The second-order valence-corrected chi connectivity index (χ2v) is 6.31. The van der Waals surface area contributed by atoms with Crippen LogP contribution in [-0.4, -0.2) is 33.1 Å². The number of para-hydroxylation sites is 1. The highest BCUT2D eigenvalue weighted by Crippen LogP contribution is 2.26. The van der Waals surface area contributed by atoms with Crippen LogP contribution in [0.3, 0.4) is 0 Å². The SMILES string of the molecule is Cc1ccn2ncc(C(=O)N3Cc4ccccc4OC(C)C3)c2c1. The lowest BCUT2D eigenvalue weighted by molar-refractivity contribution is 0.0692. The Hall–Kier alpha value is -2.82. The fraction of sp³-hybridized carbons (Fsp3) is 0.263. The number of fused-ring (bicyclic) bond motifs is 2. The van der Waals surface area contributed by atoms with E-state index in [4.69, 9.17) is 4.74 Å². The molecule has 122 valence electrons. The van der Waals surface area contributed by atoms with Gasteiger partial charge < -0.3 is 9.64 Å². The molecule has 0 fully saturated rings. The van der Waals surface area contributed by atoms with Crippen molar-refractivity contribution in [1.82, 2.24) is 14.5 Å². The van der Waals surface area contributed by atoms with Gasteiger partial charge in [-0.3, -0.25) is 4.79 Å². The molecule has 3 heterocycles. The summed E-state index contributed by atoms with van der Waals surface area (Å²) in [7, 11) is 0. The molecule has 2 aromatic heterocycles. The van der Waals surface area contributed by atoms with Crippen LogP contribution in [-0.2, 0) is 6.54 Å². The summed E-state index contributed by atoms with van der Waals surface area (Å²) in [6.07, 6.45) is 3.48. The molecule has 0 bridgehead atoms. The molecule has 5 heteroatoms. The summed E-state index contributed by atoms with van der Waals surface area (Å²) < 4.78 is 7.69. The number of amides is 1. The summed E-state index contributed by atoms with van der Waals surface area (Å²) in [5, 5.41) is 4.30. The molecule has 1 unspecified atom stereocenters. The van der Waals surface area contributed by atoms with Crippen molar-refractivity contribution in [2.24, 2.45) is 0 Å². The Morgan fingerprint density at radius 2 is 2.12 bits per heavy atom. The van der Waals surface area contributed by atoms with Gasteiger partial charge in [0.1, 0.15) is 11.9 Å². The molecule has 0 saturated heterocycles. The van der Waals surface area contributed by atoms with E-state index in [2.05, 4.69) is 5.10 Å². The van der Waals surface area contributed by atoms with Crippen LogP contribution in [0.5, 0.6) is 5.75 Å². The maximum Gasteiger partial charge on any atom is 0.258 e. The number of carbonyl (C=O) groups is 1. The lowest BCUT2D eigenvalue weighted by Gasteiger charge is -2.21. The second-order valence-electron chi connectivity index (χ2n) is 6.31. The Bertz CT molecular complexity index is 916. The van der Waals surface area contributed by atoms with Gasteiger partial charge in [0.15, 0.2) is 0 Å². The molecule has 1 aliphatic rings. The highest BCUT2D eigenvalue weighted by Gasteiger charge is 2.26. The Morgan fingerprint density at radius 3 is 3.00 bits per heavy atom. The molecule has 1 aliphatic heterocycles. The fourth-order valence-corrected chi connectivity index (χ4v) is 3.16. The van der Waals surface area contributed by atoms with E-state index >= 15 is 0 Å². The third kappa shape index (κ3) is 2.52. The quantitative estimate of drug-likeness (QED) is 0.692. The minimum atomic E-state index is -0.0545. The minimum absolute atomic E-state index is 0.0113. The van der Waals surface area contributed by atoms with Crippen LogP contribution in [0.25, 0.3) is 5.52 Å². The van der Waals surface area contributed by atoms with Gasteiger partial charge in [0.2, 0.25) is 0 Å². The van der Waals surface area contributed by atoms with E-state index in [1.807, 2.05) is 61.3 Å². The van der Waals surface area contributed by atoms with Gasteiger partial charge in [-0.2, -0.15) is 5.10 Å². The zero-order valence-electron chi connectivity index (χ0n) is 13.8. The van der Waals surface area contributed by atoms with Crippen molar-refractivity contribution in [2.75, 3.05) is 6.54 Å². The van der Waals surface area contributed by atoms with E-state index in [0.29, 0.717) is 18.7 Å². The smallest absolute Gasteiger partial charge is 0.258 e. The van der Waals surface area contributed by atoms with Crippen molar-refractivity contribution >= 4 is 11.4 Å². The van der Waals surface area contributed by atoms with Gasteiger partial charge in [-0.05, 0) is 37.6 Å². The predicted molar refractivity (Wildman–Crippen MR) is 91.2 cm³/mol. The van der Waals surface area contributed by atoms with Gasteiger partial charge in [0.25, 0.3) is 5.91 Å². The number of rotatable bonds is 1. The molecule has 3 aromatic rings. The van der Waals surface area contributed by atoms with Crippen molar-refractivity contribution in [2.45, 2.75) is 26.5 Å². The molecule has 24 heavy (non-hydrogen) atoms. The van der Waals surface area contributed by atoms with Gasteiger partial charge in [-0.15, -0.1) is 0 Å². The van der Waals surface area contributed by atoms with E-state index in [1.54, 1.807) is 10.7 Å². The third-order valence-electron chi connectivity index (χ3n) is 4.33. The summed E-state index contributed by atoms with van der Waals surface area (Å²) in [6.45, 7) is 5.10. The maximum absolute atomic E-state index is 13.1. The number of nitrogens with zero attached hydrogens (tertiary/aromatic N) is 3. The number of pyridine rings is 1. The summed E-state index contributed by atoms with van der Waals surface area (Å²) in [4.78, 5) is 15.0.